The number of ether oxygens (including phenoxy) is 1. The predicted molar refractivity (Wildman–Crippen MR) is 137 cm³/mol. The third-order valence-electron chi connectivity index (χ3n) is 7.03. The minimum atomic E-state index is -1.94. The van der Waals surface area contributed by atoms with Gasteiger partial charge in [-0.2, -0.15) is 0 Å². The second kappa shape index (κ2) is 11.5. The Balaban J connectivity index is 1.79. The van der Waals surface area contributed by atoms with E-state index in [1.807, 2.05) is 53.4 Å². The van der Waals surface area contributed by atoms with Crippen LogP contribution >= 0.6 is 0 Å². The zero-order chi connectivity index (χ0) is 23.9. The van der Waals surface area contributed by atoms with E-state index in [-0.39, 0.29) is 17.0 Å². The molecule has 0 aromatic heterocycles. The maximum Gasteiger partial charge on any atom is 0.252 e. The molecule has 3 rings (SSSR count). The van der Waals surface area contributed by atoms with Crippen LogP contribution in [0.4, 0.5) is 0 Å². The van der Waals surface area contributed by atoms with Crippen LogP contribution in [0.2, 0.25) is 18.1 Å². The Kier molecular flexibility index (Phi) is 8.91. The van der Waals surface area contributed by atoms with Crippen molar-refractivity contribution in [3.05, 3.63) is 71.8 Å². The molecular formula is C28H41NO3Si. The minimum absolute atomic E-state index is 0.0615. The van der Waals surface area contributed by atoms with Gasteiger partial charge in [0.05, 0.1) is 12.7 Å². The molecule has 180 valence electrons. The van der Waals surface area contributed by atoms with E-state index in [0.29, 0.717) is 19.7 Å². The van der Waals surface area contributed by atoms with E-state index < -0.39 is 14.4 Å². The topological polar surface area (TPSA) is 38.8 Å². The van der Waals surface area contributed by atoms with E-state index in [4.69, 9.17) is 9.16 Å². The molecule has 1 fully saturated rings. The Morgan fingerprint density at radius 1 is 0.909 bits per heavy atom. The van der Waals surface area contributed by atoms with Crippen molar-refractivity contribution in [1.82, 2.24) is 4.90 Å². The zero-order valence-corrected chi connectivity index (χ0v) is 22.0. The summed E-state index contributed by atoms with van der Waals surface area (Å²) in [5.74, 6) is 0.0838. The second-order valence-electron chi connectivity index (χ2n) is 10.8. The number of carbonyl (C=O) groups is 1. The zero-order valence-electron chi connectivity index (χ0n) is 21.0. The van der Waals surface area contributed by atoms with E-state index >= 15 is 0 Å². The maximum absolute atomic E-state index is 13.7. The summed E-state index contributed by atoms with van der Waals surface area (Å²) in [7, 11) is -1.94. The minimum Gasteiger partial charge on any atom is -0.412 e. The predicted octanol–water partition coefficient (Wildman–Crippen LogP) is 6.57. The number of hydrogen-bond donors (Lipinski definition) is 0. The lowest BCUT2D eigenvalue weighted by atomic mass is 10.1. The SMILES string of the molecule is CC(C)(C)[Si](C)(C)O[C@@H]1CCCC[C@@H](OCc2ccccc2)C(=O)N(Cc2ccccc2)C1. The molecule has 0 saturated carbocycles. The van der Waals surface area contributed by atoms with E-state index in [0.717, 1.165) is 36.8 Å². The van der Waals surface area contributed by atoms with Gasteiger partial charge in [0, 0.05) is 13.1 Å². The van der Waals surface area contributed by atoms with Gasteiger partial charge >= 0.3 is 0 Å². The smallest absolute Gasteiger partial charge is 0.252 e. The largest absolute Gasteiger partial charge is 0.412 e. The molecule has 1 heterocycles. The molecule has 0 radical (unpaired) electrons. The fourth-order valence-electron chi connectivity index (χ4n) is 4.02. The molecule has 1 aliphatic rings. The molecule has 0 bridgehead atoms. The van der Waals surface area contributed by atoms with Gasteiger partial charge in [0.1, 0.15) is 6.10 Å². The molecule has 4 nitrogen and oxygen atoms in total. The lowest BCUT2D eigenvalue weighted by Crippen LogP contribution is -2.49. The summed E-state index contributed by atoms with van der Waals surface area (Å²) in [6.07, 6.45) is 3.41. The van der Waals surface area contributed by atoms with Crippen molar-refractivity contribution in [3.8, 4) is 0 Å². The van der Waals surface area contributed by atoms with Crippen molar-refractivity contribution < 1.29 is 14.0 Å². The van der Waals surface area contributed by atoms with Crippen molar-refractivity contribution in [2.75, 3.05) is 6.54 Å². The average molecular weight is 468 g/mol. The fraction of sp³-hybridized carbons (Fsp3) is 0.536. The highest BCUT2D eigenvalue weighted by Gasteiger charge is 2.40. The van der Waals surface area contributed by atoms with Gasteiger partial charge in [-0.25, -0.2) is 0 Å². The lowest BCUT2D eigenvalue weighted by molar-refractivity contribution is -0.146. The number of hydrogen-bond acceptors (Lipinski definition) is 3. The maximum atomic E-state index is 13.7. The molecule has 0 N–H and O–H groups in total. The Morgan fingerprint density at radius 3 is 2.09 bits per heavy atom. The molecule has 2 aromatic rings. The lowest BCUT2D eigenvalue weighted by Gasteiger charge is -2.40. The highest BCUT2D eigenvalue weighted by molar-refractivity contribution is 6.74. The van der Waals surface area contributed by atoms with Crippen LogP contribution in [-0.2, 0) is 27.1 Å². The van der Waals surface area contributed by atoms with Crippen molar-refractivity contribution in [1.29, 1.82) is 0 Å². The van der Waals surface area contributed by atoms with Gasteiger partial charge in [-0.3, -0.25) is 4.79 Å². The number of rotatable bonds is 7. The summed E-state index contributed by atoms with van der Waals surface area (Å²) in [4.78, 5) is 15.7. The summed E-state index contributed by atoms with van der Waals surface area (Å²) in [6.45, 7) is 13.1. The first kappa shape index (κ1) is 25.7. The van der Waals surface area contributed by atoms with Gasteiger partial charge in [-0.05, 0) is 42.1 Å². The Morgan fingerprint density at radius 2 is 1.48 bits per heavy atom. The molecule has 0 spiro atoms. The number of nitrogens with zero attached hydrogens (tertiary/aromatic N) is 1. The summed E-state index contributed by atoms with van der Waals surface area (Å²) in [5, 5.41) is 0.140. The van der Waals surface area contributed by atoms with Crippen LogP contribution in [-0.4, -0.2) is 37.9 Å². The Hall–Kier alpha value is -1.95. The first-order valence-electron chi connectivity index (χ1n) is 12.3. The Labute approximate surface area is 201 Å². The van der Waals surface area contributed by atoms with Gasteiger partial charge in [0.25, 0.3) is 5.91 Å². The van der Waals surface area contributed by atoms with Gasteiger partial charge in [0.2, 0.25) is 0 Å². The highest BCUT2D eigenvalue weighted by atomic mass is 28.4. The van der Waals surface area contributed by atoms with Crippen LogP contribution in [0.3, 0.4) is 0 Å². The van der Waals surface area contributed by atoms with Crippen LogP contribution in [0.5, 0.6) is 0 Å². The first-order chi connectivity index (χ1) is 15.7. The van der Waals surface area contributed by atoms with Crippen molar-refractivity contribution >= 4 is 14.2 Å². The van der Waals surface area contributed by atoms with Gasteiger partial charge in [0.15, 0.2) is 8.32 Å². The quantitative estimate of drug-likeness (QED) is 0.433. The molecular weight excluding hydrogens is 426 g/mol. The van der Waals surface area contributed by atoms with Crippen LogP contribution < -0.4 is 0 Å². The Bertz CT molecular complexity index is 864. The standard InChI is InChI=1S/C28H41NO3Si/c1-28(2,3)33(4,5)32-25-18-12-13-19-26(31-22-24-16-10-7-11-17-24)27(30)29(21-25)20-23-14-8-6-9-15-23/h6-11,14-17,25-26H,12-13,18-22H2,1-5H3/t25-,26-/m1/s1. The van der Waals surface area contributed by atoms with Crippen LogP contribution in [0.25, 0.3) is 0 Å². The number of benzene rings is 2. The van der Waals surface area contributed by atoms with E-state index in [1.54, 1.807) is 0 Å². The third kappa shape index (κ3) is 7.52. The average Bonchev–Trinajstić information content (AvgIpc) is 2.83. The van der Waals surface area contributed by atoms with Crippen molar-refractivity contribution in [2.24, 2.45) is 0 Å². The summed E-state index contributed by atoms with van der Waals surface area (Å²) < 4.78 is 13.0. The molecule has 2 aromatic carbocycles. The summed E-state index contributed by atoms with van der Waals surface area (Å²) in [5.41, 5.74) is 2.23. The van der Waals surface area contributed by atoms with Crippen molar-refractivity contribution in [2.45, 2.75) is 89.9 Å². The highest BCUT2D eigenvalue weighted by Crippen LogP contribution is 2.38. The molecule has 2 atom stereocenters. The van der Waals surface area contributed by atoms with E-state index in [2.05, 4.69) is 46.0 Å². The van der Waals surface area contributed by atoms with E-state index in [1.165, 1.54) is 0 Å². The fourth-order valence-corrected chi connectivity index (χ4v) is 5.40. The summed E-state index contributed by atoms with van der Waals surface area (Å²) in [6, 6.07) is 20.4. The van der Waals surface area contributed by atoms with Gasteiger partial charge < -0.3 is 14.1 Å². The van der Waals surface area contributed by atoms with Crippen LogP contribution in [0.15, 0.2) is 60.7 Å². The number of amides is 1. The molecule has 0 aliphatic carbocycles. The normalized spacial score (nSPS) is 20.8. The molecule has 0 unspecified atom stereocenters. The third-order valence-corrected chi connectivity index (χ3v) is 11.6. The van der Waals surface area contributed by atoms with E-state index in [9.17, 15) is 4.79 Å². The van der Waals surface area contributed by atoms with Crippen molar-refractivity contribution in [3.63, 3.8) is 0 Å². The monoisotopic (exact) mass is 467 g/mol. The van der Waals surface area contributed by atoms with Crippen LogP contribution in [0.1, 0.15) is 57.6 Å². The van der Waals surface area contributed by atoms with Gasteiger partial charge in [-0.15, -0.1) is 0 Å². The van der Waals surface area contributed by atoms with Gasteiger partial charge in [-0.1, -0.05) is 94.3 Å². The molecule has 5 heteroatoms. The molecule has 1 amide bonds. The molecule has 33 heavy (non-hydrogen) atoms. The first-order valence-corrected chi connectivity index (χ1v) is 15.2. The van der Waals surface area contributed by atoms with Crippen LogP contribution in [0, 0.1) is 0 Å². The summed E-state index contributed by atoms with van der Waals surface area (Å²) >= 11 is 0. The molecule has 1 saturated heterocycles. The second-order valence-corrected chi connectivity index (χ2v) is 15.5. The number of carbonyl (C=O) groups excluding carboxylic acids is 1. The molecule has 1 aliphatic heterocycles.